The van der Waals surface area contributed by atoms with E-state index in [1.165, 1.54) is 7.11 Å². The van der Waals surface area contributed by atoms with Crippen molar-refractivity contribution in [1.82, 2.24) is 4.90 Å². The van der Waals surface area contributed by atoms with Crippen LogP contribution in [0.3, 0.4) is 0 Å². The summed E-state index contributed by atoms with van der Waals surface area (Å²) in [5, 5.41) is 11.6. The van der Waals surface area contributed by atoms with Gasteiger partial charge in [0.05, 0.1) is 25.9 Å². The van der Waals surface area contributed by atoms with Gasteiger partial charge in [-0.3, -0.25) is 9.69 Å². The Hall–Kier alpha value is -1.79. The van der Waals surface area contributed by atoms with E-state index in [1.54, 1.807) is 18.2 Å². The number of ether oxygens (including phenoxy) is 1. The van der Waals surface area contributed by atoms with Crippen LogP contribution in [0.1, 0.15) is 6.92 Å². The molecule has 1 rings (SSSR count). The summed E-state index contributed by atoms with van der Waals surface area (Å²) in [6.45, 7) is 3.37. The van der Waals surface area contributed by atoms with Crippen LogP contribution < -0.4 is 15.8 Å². The predicted molar refractivity (Wildman–Crippen MR) is 75.2 cm³/mol. The van der Waals surface area contributed by atoms with Gasteiger partial charge in [-0.25, -0.2) is 0 Å². The molecule has 1 aromatic rings. The van der Waals surface area contributed by atoms with Gasteiger partial charge in [0.25, 0.3) is 0 Å². The molecule has 106 valence electrons. The van der Waals surface area contributed by atoms with Crippen molar-refractivity contribution in [3.8, 4) is 5.75 Å². The summed E-state index contributed by atoms with van der Waals surface area (Å²) in [5.41, 5.74) is 6.81. The maximum absolute atomic E-state index is 11.9. The van der Waals surface area contributed by atoms with E-state index in [0.717, 1.165) is 0 Å². The minimum atomic E-state index is -0.154. The minimum Gasteiger partial charge on any atom is -0.494 e. The highest BCUT2D eigenvalue weighted by atomic mass is 16.5. The Labute approximate surface area is 113 Å². The Kier molecular flexibility index (Phi) is 6.11. The van der Waals surface area contributed by atoms with Gasteiger partial charge in [-0.1, -0.05) is 6.92 Å². The van der Waals surface area contributed by atoms with Crippen LogP contribution in [-0.2, 0) is 4.79 Å². The van der Waals surface area contributed by atoms with Crippen LogP contribution in [-0.4, -0.2) is 49.3 Å². The average Bonchev–Trinajstić information content (AvgIpc) is 2.40. The van der Waals surface area contributed by atoms with Gasteiger partial charge in [-0.15, -0.1) is 0 Å². The molecule has 4 N–H and O–H groups in total. The quantitative estimate of drug-likeness (QED) is 0.627. The molecule has 0 fully saturated rings. The Balaban J connectivity index is 2.66. The van der Waals surface area contributed by atoms with Gasteiger partial charge in [0.1, 0.15) is 5.75 Å². The molecule has 1 amide bonds. The molecule has 0 saturated carbocycles. The predicted octanol–water partition coefficient (Wildman–Crippen LogP) is 0.530. The Morgan fingerprint density at radius 2 is 2.26 bits per heavy atom. The lowest BCUT2D eigenvalue weighted by atomic mass is 10.2. The third kappa shape index (κ3) is 4.76. The highest BCUT2D eigenvalue weighted by molar-refractivity contribution is 5.94. The molecule has 0 aliphatic heterocycles. The largest absolute Gasteiger partial charge is 0.494 e. The van der Waals surface area contributed by atoms with Crippen molar-refractivity contribution in [2.75, 3.05) is 44.4 Å². The van der Waals surface area contributed by atoms with Crippen LogP contribution in [0, 0.1) is 0 Å². The molecule has 19 heavy (non-hydrogen) atoms. The first-order valence-corrected chi connectivity index (χ1v) is 6.17. The number of benzene rings is 1. The molecule has 0 spiro atoms. The Morgan fingerprint density at radius 3 is 2.84 bits per heavy atom. The van der Waals surface area contributed by atoms with Crippen LogP contribution >= 0.6 is 0 Å². The van der Waals surface area contributed by atoms with Crippen molar-refractivity contribution < 1.29 is 14.6 Å². The third-order valence-corrected chi connectivity index (χ3v) is 2.73. The van der Waals surface area contributed by atoms with Crippen molar-refractivity contribution in [2.45, 2.75) is 6.92 Å². The number of aliphatic hydroxyl groups is 1. The lowest BCUT2D eigenvalue weighted by Crippen LogP contribution is -2.35. The van der Waals surface area contributed by atoms with Gasteiger partial charge in [-0.2, -0.15) is 0 Å². The highest BCUT2D eigenvalue weighted by Gasteiger charge is 2.11. The zero-order chi connectivity index (χ0) is 14.3. The summed E-state index contributed by atoms with van der Waals surface area (Å²) in [4.78, 5) is 13.7. The summed E-state index contributed by atoms with van der Waals surface area (Å²) >= 11 is 0. The SMILES string of the molecule is CCN(CCO)CC(=O)Nc1ccc(N)cc1OC. The lowest BCUT2D eigenvalue weighted by Gasteiger charge is -2.19. The lowest BCUT2D eigenvalue weighted by molar-refractivity contribution is -0.117. The number of methoxy groups -OCH3 is 1. The van der Waals surface area contributed by atoms with Crippen molar-refractivity contribution in [1.29, 1.82) is 0 Å². The molecule has 1 aromatic carbocycles. The number of anilines is 2. The molecule has 0 heterocycles. The maximum atomic E-state index is 11.9. The fraction of sp³-hybridized carbons (Fsp3) is 0.462. The van der Waals surface area contributed by atoms with Gasteiger partial charge in [0.2, 0.25) is 5.91 Å². The molecule has 0 aliphatic carbocycles. The van der Waals surface area contributed by atoms with Gasteiger partial charge >= 0.3 is 0 Å². The van der Waals surface area contributed by atoms with Crippen molar-refractivity contribution in [2.24, 2.45) is 0 Å². The normalized spacial score (nSPS) is 10.5. The van der Waals surface area contributed by atoms with Crippen LogP contribution in [0.2, 0.25) is 0 Å². The molecule has 0 aliphatic rings. The number of likely N-dealkylation sites (N-methyl/N-ethyl adjacent to an activating group) is 1. The molecular weight excluding hydrogens is 246 g/mol. The smallest absolute Gasteiger partial charge is 0.238 e. The molecule has 0 saturated heterocycles. The van der Waals surface area contributed by atoms with Crippen LogP contribution in [0.25, 0.3) is 0 Å². The molecule has 0 bridgehead atoms. The van der Waals surface area contributed by atoms with E-state index in [2.05, 4.69) is 5.32 Å². The molecule has 6 heteroatoms. The number of hydrogen-bond donors (Lipinski definition) is 3. The number of carbonyl (C=O) groups is 1. The zero-order valence-electron chi connectivity index (χ0n) is 11.3. The van der Waals surface area contributed by atoms with E-state index in [-0.39, 0.29) is 19.1 Å². The Morgan fingerprint density at radius 1 is 1.53 bits per heavy atom. The first-order valence-electron chi connectivity index (χ1n) is 6.17. The van der Waals surface area contributed by atoms with Gasteiger partial charge in [-0.05, 0) is 18.7 Å². The van der Waals surface area contributed by atoms with Gasteiger partial charge in [0, 0.05) is 18.3 Å². The molecular formula is C13H21N3O3. The number of nitrogens with one attached hydrogen (secondary N) is 1. The van der Waals surface area contributed by atoms with E-state index in [9.17, 15) is 4.79 Å². The van der Waals surface area contributed by atoms with Crippen LogP contribution in [0.4, 0.5) is 11.4 Å². The average molecular weight is 267 g/mol. The minimum absolute atomic E-state index is 0.0340. The number of carbonyl (C=O) groups excluding carboxylic acids is 1. The monoisotopic (exact) mass is 267 g/mol. The molecule has 6 nitrogen and oxygen atoms in total. The third-order valence-electron chi connectivity index (χ3n) is 2.73. The topological polar surface area (TPSA) is 87.8 Å². The molecule has 0 unspecified atom stereocenters. The number of nitrogens with two attached hydrogens (primary N) is 1. The van der Waals surface area contributed by atoms with Gasteiger partial charge < -0.3 is 20.9 Å². The van der Waals surface area contributed by atoms with E-state index in [1.807, 2.05) is 11.8 Å². The first kappa shape index (κ1) is 15.3. The number of nitrogens with zero attached hydrogens (tertiary/aromatic N) is 1. The second-order valence-corrected chi connectivity index (χ2v) is 4.10. The highest BCUT2D eigenvalue weighted by Crippen LogP contribution is 2.26. The zero-order valence-corrected chi connectivity index (χ0v) is 11.3. The number of hydrogen-bond acceptors (Lipinski definition) is 5. The number of amides is 1. The molecule has 0 radical (unpaired) electrons. The van der Waals surface area contributed by atoms with Crippen molar-refractivity contribution >= 4 is 17.3 Å². The molecule has 0 aromatic heterocycles. The van der Waals surface area contributed by atoms with E-state index in [0.29, 0.717) is 30.2 Å². The van der Waals surface area contributed by atoms with Crippen LogP contribution in [0.15, 0.2) is 18.2 Å². The molecule has 0 atom stereocenters. The Bertz CT molecular complexity index is 424. The fourth-order valence-electron chi connectivity index (χ4n) is 1.69. The van der Waals surface area contributed by atoms with Crippen LogP contribution in [0.5, 0.6) is 5.75 Å². The van der Waals surface area contributed by atoms with Crippen molar-refractivity contribution in [3.05, 3.63) is 18.2 Å². The van der Waals surface area contributed by atoms with E-state index >= 15 is 0 Å². The summed E-state index contributed by atoms with van der Waals surface area (Å²) in [6.07, 6.45) is 0. The summed E-state index contributed by atoms with van der Waals surface area (Å²) < 4.78 is 5.16. The van der Waals surface area contributed by atoms with Gasteiger partial charge in [0.15, 0.2) is 0 Å². The van der Waals surface area contributed by atoms with Crippen molar-refractivity contribution in [3.63, 3.8) is 0 Å². The summed E-state index contributed by atoms with van der Waals surface area (Å²) in [7, 11) is 1.52. The maximum Gasteiger partial charge on any atom is 0.238 e. The summed E-state index contributed by atoms with van der Waals surface area (Å²) in [5.74, 6) is 0.372. The van der Waals surface area contributed by atoms with E-state index in [4.69, 9.17) is 15.6 Å². The number of aliphatic hydroxyl groups excluding tert-OH is 1. The second kappa shape index (κ2) is 7.60. The number of rotatable bonds is 7. The summed E-state index contributed by atoms with van der Waals surface area (Å²) in [6, 6.07) is 5.05. The number of nitrogen functional groups attached to an aromatic ring is 1. The first-order chi connectivity index (χ1) is 9.10. The standard InChI is InChI=1S/C13H21N3O3/c1-3-16(6-7-17)9-13(18)15-11-5-4-10(14)8-12(11)19-2/h4-5,8,17H,3,6-7,9,14H2,1-2H3,(H,15,18). The van der Waals surface area contributed by atoms with E-state index < -0.39 is 0 Å². The second-order valence-electron chi connectivity index (χ2n) is 4.10. The fourth-order valence-corrected chi connectivity index (χ4v) is 1.69.